The molecule has 1 heterocycles. The van der Waals surface area contributed by atoms with Crippen molar-refractivity contribution >= 4 is 22.8 Å². The maximum absolute atomic E-state index is 11.2. The molecular weight excluding hydrogens is 252 g/mol. The van der Waals surface area contributed by atoms with Gasteiger partial charge >= 0.3 is 0 Å². The molecule has 0 N–H and O–H groups in total. The summed E-state index contributed by atoms with van der Waals surface area (Å²) in [5, 5.41) is 13.0. The van der Waals surface area contributed by atoms with Crippen LogP contribution in [0.2, 0.25) is 0 Å². The van der Waals surface area contributed by atoms with Gasteiger partial charge in [-0.1, -0.05) is 12.1 Å². The second-order valence-corrected chi connectivity index (χ2v) is 4.71. The molecule has 0 saturated heterocycles. The Balaban J connectivity index is 2.47. The lowest BCUT2D eigenvalue weighted by molar-refractivity contribution is -0.385. The number of nitrogens with zero attached hydrogens (tertiary/aromatic N) is 2. The van der Waals surface area contributed by atoms with E-state index in [1.54, 1.807) is 24.4 Å². The molecule has 0 aliphatic carbocycles. The largest absolute Gasteiger partial charge is 0.292 e. The van der Waals surface area contributed by atoms with E-state index in [9.17, 15) is 14.9 Å². The van der Waals surface area contributed by atoms with E-state index in [-0.39, 0.29) is 11.5 Å². The van der Waals surface area contributed by atoms with Gasteiger partial charge in [-0.3, -0.25) is 14.9 Å². The average Bonchev–Trinajstić information content (AvgIpc) is 2.78. The van der Waals surface area contributed by atoms with Crippen molar-refractivity contribution in [2.45, 2.75) is 13.8 Å². The maximum Gasteiger partial charge on any atom is 0.272 e. The third kappa shape index (κ3) is 2.28. The van der Waals surface area contributed by atoms with Crippen LogP contribution in [-0.4, -0.2) is 15.7 Å². The molecule has 0 saturated carbocycles. The van der Waals surface area contributed by atoms with E-state index in [1.165, 1.54) is 24.3 Å². The lowest BCUT2D eigenvalue weighted by atomic mass is 10.1. The van der Waals surface area contributed by atoms with Crippen LogP contribution in [0.5, 0.6) is 0 Å². The molecule has 0 atom stereocenters. The Labute approximate surface area is 107 Å². The third-order valence-corrected chi connectivity index (χ3v) is 3.45. The van der Waals surface area contributed by atoms with Crippen molar-refractivity contribution in [1.29, 1.82) is 0 Å². The van der Waals surface area contributed by atoms with Crippen LogP contribution in [0.1, 0.15) is 22.3 Å². The molecule has 0 fully saturated rings. The highest BCUT2D eigenvalue weighted by Gasteiger charge is 2.14. The molecule has 0 radical (unpaired) electrons. The Hall–Kier alpha value is -2.08. The summed E-state index contributed by atoms with van der Waals surface area (Å²) in [7, 11) is 0. The van der Waals surface area contributed by atoms with Crippen LogP contribution < -0.4 is 0 Å². The number of hydrogen-bond donors (Lipinski definition) is 0. The first-order valence-electron chi connectivity index (χ1n) is 5.21. The van der Waals surface area contributed by atoms with Crippen LogP contribution in [0.25, 0.3) is 11.3 Å². The molecule has 0 bridgehead atoms. The van der Waals surface area contributed by atoms with Gasteiger partial charge < -0.3 is 0 Å². The van der Waals surface area contributed by atoms with Gasteiger partial charge in [-0.15, -0.1) is 11.3 Å². The topological polar surface area (TPSA) is 73.1 Å². The Kier molecular flexibility index (Phi) is 3.20. The van der Waals surface area contributed by atoms with Crippen LogP contribution in [-0.2, 0) is 0 Å². The molecule has 1 aromatic heterocycles. The minimum Gasteiger partial charge on any atom is -0.292 e. The normalized spacial score (nSPS) is 10.3. The Morgan fingerprint density at radius 1 is 1.44 bits per heavy atom. The van der Waals surface area contributed by atoms with Crippen molar-refractivity contribution in [3.05, 3.63) is 44.3 Å². The monoisotopic (exact) mass is 262 g/mol. The number of carbonyl (C=O) groups excluding carboxylic acids is 1. The van der Waals surface area contributed by atoms with Crippen LogP contribution in [0.15, 0.2) is 23.6 Å². The van der Waals surface area contributed by atoms with E-state index in [0.29, 0.717) is 21.8 Å². The Morgan fingerprint density at radius 2 is 2.17 bits per heavy atom. The van der Waals surface area contributed by atoms with Crippen molar-refractivity contribution in [2.75, 3.05) is 0 Å². The van der Waals surface area contributed by atoms with Gasteiger partial charge in [0.15, 0.2) is 10.8 Å². The fourth-order valence-corrected chi connectivity index (χ4v) is 2.26. The molecule has 5 nitrogen and oxygen atoms in total. The molecular formula is C12H10N2O3S. The van der Waals surface area contributed by atoms with Crippen molar-refractivity contribution in [3.8, 4) is 11.3 Å². The number of ketones is 1. The first-order chi connectivity index (χ1) is 8.49. The zero-order valence-corrected chi connectivity index (χ0v) is 10.7. The smallest absolute Gasteiger partial charge is 0.272 e. The molecule has 0 aliphatic heterocycles. The number of nitro benzene ring substituents is 1. The average molecular weight is 262 g/mol. The predicted octanol–water partition coefficient (Wildman–Crippen LogP) is 3.23. The summed E-state index contributed by atoms with van der Waals surface area (Å²) >= 11 is 1.24. The van der Waals surface area contributed by atoms with Crippen molar-refractivity contribution in [3.63, 3.8) is 0 Å². The number of Topliss-reactive ketones (excluding diaryl/α,β-unsaturated/α-hetero) is 1. The highest BCUT2D eigenvalue weighted by atomic mass is 32.1. The third-order valence-electron chi connectivity index (χ3n) is 2.51. The zero-order valence-electron chi connectivity index (χ0n) is 9.84. The summed E-state index contributed by atoms with van der Waals surface area (Å²) in [6.45, 7) is 3.13. The van der Waals surface area contributed by atoms with Crippen LogP contribution >= 0.6 is 11.3 Å². The van der Waals surface area contributed by atoms with Gasteiger partial charge in [0.1, 0.15) is 0 Å². The molecule has 2 aromatic rings. The molecule has 1 aromatic carbocycles. The lowest BCUT2D eigenvalue weighted by Gasteiger charge is -2.00. The number of carbonyl (C=O) groups is 1. The number of aryl methyl sites for hydroxylation is 1. The lowest BCUT2D eigenvalue weighted by Crippen LogP contribution is -1.93. The van der Waals surface area contributed by atoms with Crippen LogP contribution in [0.4, 0.5) is 5.69 Å². The fraction of sp³-hybridized carbons (Fsp3) is 0.167. The van der Waals surface area contributed by atoms with E-state index in [4.69, 9.17) is 0 Å². The van der Waals surface area contributed by atoms with Crippen molar-refractivity contribution in [1.82, 2.24) is 4.98 Å². The highest BCUT2D eigenvalue weighted by Crippen LogP contribution is 2.27. The quantitative estimate of drug-likeness (QED) is 0.483. The molecule has 92 valence electrons. The number of nitro groups is 1. The second-order valence-electron chi connectivity index (χ2n) is 3.85. The molecule has 0 spiro atoms. The van der Waals surface area contributed by atoms with Gasteiger partial charge in [0, 0.05) is 29.5 Å². The van der Waals surface area contributed by atoms with Gasteiger partial charge in [-0.05, 0) is 6.92 Å². The molecule has 18 heavy (non-hydrogen) atoms. The number of aromatic nitrogens is 1. The molecule has 2 rings (SSSR count). The highest BCUT2D eigenvalue weighted by molar-refractivity contribution is 7.12. The summed E-state index contributed by atoms with van der Waals surface area (Å²) in [6.07, 6.45) is 0. The summed E-state index contributed by atoms with van der Waals surface area (Å²) < 4.78 is 0. The molecule has 0 amide bonds. The molecule has 0 aliphatic rings. The Bertz CT molecular complexity index is 634. The van der Waals surface area contributed by atoms with Gasteiger partial charge in [0.2, 0.25) is 0 Å². The maximum atomic E-state index is 11.2. The van der Waals surface area contributed by atoms with E-state index in [2.05, 4.69) is 4.98 Å². The molecule has 0 unspecified atom stereocenters. The van der Waals surface area contributed by atoms with E-state index < -0.39 is 4.92 Å². The van der Waals surface area contributed by atoms with E-state index in [0.717, 1.165) is 0 Å². The van der Waals surface area contributed by atoms with Gasteiger partial charge in [0.25, 0.3) is 5.69 Å². The van der Waals surface area contributed by atoms with Gasteiger partial charge in [0.05, 0.1) is 10.6 Å². The minimum atomic E-state index is -0.420. The van der Waals surface area contributed by atoms with Gasteiger partial charge in [-0.2, -0.15) is 0 Å². The summed E-state index contributed by atoms with van der Waals surface area (Å²) in [4.78, 5) is 25.7. The summed E-state index contributed by atoms with van der Waals surface area (Å²) in [6, 6.07) is 4.93. The fourth-order valence-electron chi connectivity index (χ4n) is 1.53. The number of hydrogen-bond acceptors (Lipinski definition) is 5. The zero-order chi connectivity index (χ0) is 13.3. The van der Waals surface area contributed by atoms with Crippen LogP contribution in [0, 0.1) is 17.0 Å². The van der Waals surface area contributed by atoms with Crippen molar-refractivity contribution < 1.29 is 9.72 Å². The SMILES string of the molecule is CC(=O)c1nc(-c2ccc(C)c([N+](=O)[O-])c2)cs1. The number of thiazole rings is 1. The molecule has 6 heteroatoms. The van der Waals surface area contributed by atoms with Crippen molar-refractivity contribution in [2.24, 2.45) is 0 Å². The first-order valence-corrected chi connectivity index (χ1v) is 6.09. The number of rotatable bonds is 3. The summed E-state index contributed by atoms with van der Waals surface area (Å²) in [5.74, 6) is -0.104. The standard InChI is InChI=1S/C12H10N2O3S/c1-7-3-4-9(5-11(7)14(16)17)10-6-18-12(13-10)8(2)15/h3-6H,1-2H3. The Morgan fingerprint density at radius 3 is 2.72 bits per heavy atom. The minimum absolute atomic E-state index is 0.0601. The van der Waals surface area contributed by atoms with Crippen LogP contribution in [0.3, 0.4) is 0 Å². The van der Waals surface area contributed by atoms with Gasteiger partial charge in [-0.25, -0.2) is 4.98 Å². The summed E-state index contributed by atoms with van der Waals surface area (Å²) in [5.41, 5.74) is 1.90. The predicted molar refractivity (Wildman–Crippen MR) is 68.9 cm³/mol. The van der Waals surface area contributed by atoms with E-state index in [1.807, 2.05) is 0 Å². The second kappa shape index (κ2) is 4.66. The first kappa shape index (κ1) is 12.4. The van der Waals surface area contributed by atoms with E-state index >= 15 is 0 Å². The number of benzene rings is 1.